The van der Waals surface area contributed by atoms with E-state index in [4.69, 9.17) is 9.47 Å². The van der Waals surface area contributed by atoms with Gasteiger partial charge in [0.15, 0.2) is 0 Å². The number of aryl methyl sites for hydroxylation is 2. The summed E-state index contributed by atoms with van der Waals surface area (Å²) in [5.41, 5.74) is 7.72. The average molecular weight is 521 g/mol. The number of ether oxygens (including phenoxy) is 2. The lowest BCUT2D eigenvalue weighted by Crippen LogP contribution is -2.15. The summed E-state index contributed by atoms with van der Waals surface area (Å²) < 4.78 is 12.1. The molecular formula is C37H44O2. The Bertz CT molecular complexity index is 1210. The van der Waals surface area contributed by atoms with Crippen LogP contribution >= 0.6 is 0 Å². The van der Waals surface area contributed by atoms with Crippen molar-refractivity contribution in [3.05, 3.63) is 130 Å². The molecule has 0 bridgehead atoms. The van der Waals surface area contributed by atoms with E-state index >= 15 is 0 Å². The first-order valence-corrected chi connectivity index (χ1v) is 14.6. The molecule has 0 saturated heterocycles. The molecule has 0 radical (unpaired) electrons. The van der Waals surface area contributed by atoms with Gasteiger partial charge in [0.2, 0.25) is 0 Å². The van der Waals surface area contributed by atoms with Gasteiger partial charge in [-0.1, -0.05) is 118 Å². The normalized spacial score (nSPS) is 12.8. The smallest absolute Gasteiger partial charge is 0.119 e. The fourth-order valence-electron chi connectivity index (χ4n) is 4.94. The molecule has 0 aliphatic carbocycles. The monoisotopic (exact) mass is 520 g/mol. The summed E-state index contributed by atoms with van der Waals surface area (Å²) in [4.78, 5) is 0. The third kappa shape index (κ3) is 7.76. The fraction of sp³-hybridized carbons (Fsp3) is 0.351. The highest BCUT2D eigenvalue weighted by atomic mass is 16.5. The molecule has 2 heteroatoms. The highest BCUT2D eigenvalue weighted by Gasteiger charge is 2.28. The third-order valence-corrected chi connectivity index (χ3v) is 7.68. The molecule has 2 nitrogen and oxygen atoms in total. The summed E-state index contributed by atoms with van der Waals surface area (Å²) in [6.45, 7) is 12.4. The van der Waals surface area contributed by atoms with Crippen molar-refractivity contribution in [1.82, 2.24) is 0 Å². The lowest BCUT2D eigenvalue weighted by Gasteiger charge is -2.30. The molecule has 0 N–H and O–H groups in total. The van der Waals surface area contributed by atoms with Gasteiger partial charge in [-0.2, -0.15) is 0 Å². The minimum atomic E-state index is 0.128. The van der Waals surface area contributed by atoms with E-state index in [9.17, 15) is 0 Å². The minimum Gasteiger partial charge on any atom is -0.494 e. The molecule has 0 aromatic heterocycles. The number of benzene rings is 4. The standard InChI is InChI=1S/C37H44O2/c1-6-8-25-38-34-21-17-32(18-22-34)37(33-19-23-35(24-20-33)39-26-27(3)7-2)36(30-13-9-28(4)10-14-30)31-15-11-29(5)12-16-31/h9-24,27,36-37H,6-8,25-26H2,1-5H3. The van der Waals surface area contributed by atoms with E-state index in [0.29, 0.717) is 5.92 Å². The van der Waals surface area contributed by atoms with E-state index in [-0.39, 0.29) is 11.8 Å². The number of hydrogen-bond acceptors (Lipinski definition) is 2. The van der Waals surface area contributed by atoms with Crippen molar-refractivity contribution in [3.8, 4) is 11.5 Å². The summed E-state index contributed by atoms with van der Waals surface area (Å²) in [6, 6.07) is 35.6. The first-order chi connectivity index (χ1) is 19.0. The van der Waals surface area contributed by atoms with E-state index in [2.05, 4.69) is 132 Å². The zero-order chi connectivity index (χ0) is 27.6. The molecule has 2 atom stereocenters. The van der Waals surface area contributed by atoms with Gasteiger partial charge in [0, 0.05) is 11.8 Å². The zero-order valence-electron chi connectivity index (χ0n) is 24.3. The number of hydrogen-bond donors (Lipinski definition) is 0. The third-order valence-electron chi connectivity index (χ3n) is 7.68. The van der Waals surface area contributed by atoms with Crippen LogP contribution in [0, 0.1) is 19.8 Å². The van der Waals surface area contributed by atoms with Gasteiger partial charge in [0.05, 0.1) is 13.2 Å². The van der Waals surface area contributed by atoms with Crippen LogP contribution in [0.4, 0.5) is 0 Å². The van der Waals surface area contributed by atoms with Crippen molar-refractivity contribution in [2.45, 2.75) is 65.7 Å². The number of rotatable bonds is 13. The van der Waals surface area contributed by atoms with E-state index in [1.807, 2.05) is 0 Å². The van der Waals surface area contributed by atoms with Gasteiger partial charge in [-0.3, -0.25) is 0 Å². The molecule has 0 fully saturated rings. The van der Waals surface area contributed by atoms with Crippen LogP contribution in [0.25, 0.3) is 0 Å². The van der Waals surface area contributed by atoms with Crippen LogP contribution < -0.4 is 9.47 Å². The molecule has 0 saturated carbocycles. The molecule has 204 valence electrons. The molecule has 0 amide bonds. The summed E-state index contributed by atoms with van der Waals surface area (Å²) in [5, 5.41) is 0. The van der Waals surface area contributed by atoms with E-state index in [1.165, 1.54) is 33.4 Å². The number of unbranched alkanes of at least 4 members (excludes halogenated alkanes) is 1. The zero-order valence-corrected chi connectivity index (χ0v) is 24.3. The summed E-state index contributed by atoms with van der Waals surface area (Å²) >= 11 is 0. The van der Waals surface area contributed by atoms with Crippen LogP contribution in [0.2, 0.25) is 0 Å². The summed E-state index contributed by atoms with van der Waals surface area (Å²) in [5.74, 6) is 2.69. The fourth-order valence-corrected chi connectivity index (χ4v) is 4.94. The molecule has 2 unspecified atom stereocenters. The Balaban J connectivity index is 1.77. The van der Waals surface area contributed by atoms with Gasteiger partial charge in [0.25, 0.3) is 0 Å². The molecule has 39 heavy (non-hydrogen) atoms. The Morgan fingerprint density at radius 2 is 0.923 bits per heavy atom. The second-order valence-electron chi connectivity index (χ2n) is 10.9. The maximum atomic E-state index is 6.10. The molecule has 0 aliphatic heterocycles. The molecule has 0 aliphatic rings. The van der Waals surface area contributed by atoms with Crippen molar-refractivity contribution < 1.29 is 9.47 Å². The SMILES string of the molecule is CCCCOc1ccc(C(c2ccc(OCC(C)CC)cc2)C(c2ccc(C)cc2)c2ccc(C)cc2)cc1. The Hall–Kier alpha value is -3.52. The van der Waals surface area contributed by atoms with Crippen LogP contribution in [0.5, 0.6) is 11.5 Å². The lowest BCUT2D eigenvalue weighted by molar-refractivity contribution is 0.256. The molecule has 0 spiro atoms. The van der Waals surface area contributed by atoms with Crippen LogP contribution in [0.15, 0.2) is 97.1 Å². The van der Waals surface area contributed by atoms with E-state index < -0.39 is 0 Å². The molecule has 0 heterocycles. The Labute approximate surface area is 236 Å². The highest BCUT2D eigenvalue weighted by molar-refractivity contribution is 5.47. The van der Waals surface area contributed by atoms with E-state index in [0.717, 1.165) is 44.0 Å². The predicted molar refractivity (Wildman–Crippen MR) is 164 cm³/mol. The summed E-state index contributed by atoms with van der Waals surface area (Å²) in [6.07, 6.45) is 3.32. The van der Waals surface area contributed by atoms with Crippen molar-refractivity contribution in [2.75, 3.05) is 13.2 Å². The van der Waals surface area contributed by atoms with Gasteiger partial charge >= 0.3 is 0 Å². The topological polar surface area (TPSA) is 18.5 Å². The highest BCUT2D eigenvalue weighted by Crippen LogP contribution is 2.43. The van der Waals surface area contributed by atoms with Gasteiger partial charge in [0.1, 0.15) is 11.5 Å². The first-order valence-electron chi connectivity index (χ1n) is 14.6. The second-order valence-corrected chi connectivity index (χ2v) is 10.9. The molecule has 4 aromatic rings. The van der Waals surface area contributed by atoms with Gasteiger partial charge in [-0.15, -0.1) is 0 Å². The minimum absolute atomic E-state index is 0.128. The largest absolute Gasteiger partial charge is 0.494 e. The van der Waals surface area contributed by atoms with Crippen molar-refractivity contribution in [2.24, 2.45) is 5.92 Å². The second kappa shape index (κ2) is 14.0. The maximum Gasteiger partial charge on any atom is 0.119 e. The molecule has 4 aromatic carbocycles. The van der Waals surface area contributed by atoms with Crippen molar-refractivity contribution in [3.63, 3.8) is 0 Å². The first kappa shape index (κ1) is 28.5. The van der Waals surface area contributed by atoms with Gasteiger partial charge in [-0.25, -0.2) is 0 Å². The Kier molecular flexibility index (Phi) is 10.3. The van der Waals surface area contributed by atoms with Crippen molar-refractivity contribution in [1.29, 1.82) is 0 Å². The molecule has 4 rings (SSSR count). The van der Waals surface area contributed by atoms with Gasteiger partial charge in [-0.05, 0) is 72.7 Å². The quantitative estimate of drug-likeness (QED) is 0.163. The molecular weight excluding hydrogens is 476 g/mol. The average Bonchev–Trinajstić information content (AvgIpc) is 2.97. The van der Waals surface area contributed by atoms with Crippen LogP contribution in [0.1, 0.15) is 85.3 Å². The van der Waals surface area contributed by atoms with Crippen LogP contribution in [-0.2, 0) is 0 Å². The van der Waals surface area contributed by atoms with Gasteiger partial charge < -0.3 is 9.47 Å². The van der Waals surface area contributed by atoms with Crippen LogP contribution in [0.3, 0.4) is 0 Å². The predicted octanol–water partition coefficient (Wildman–Crippen LogP) is 9.87. The maximum absolute atomic E-state index is 6.10. The Morgan fingerprint density at radius 3 is 1.31 bits per heavy atom. The Morgan fingerprint density at radius 1 is 0.538 bits per heavy atom. The summed E-state index contributed by atoms with van der Waals surface area (Å²) in [7, 11) is 0. The lowest BCUT2D eigenvalue weighted by atomic mass is 9.73. The van der Waals surface area contributed by atoms with Crippen molar-refractivity contribution >= 4 is 0 Å². The van der Waals surface area contributed by atoms with E-state index in [1.54, 1.807) is 0 Å². The van der Waals surface area contributed by atoms with Crippen LogP contribution in [-0.4, -0.2) is 13.2 Å².